The molecule has 0 fully saturated rings. The lowest BCUT2D eigenvalue weighted by molar-refractivity contribution is 1.18. The van der Waals surface area contributed by atoms with Gasteiger partial charge in [-0.25, -0.2) is 0 Å². The molecule has 0 bridgehead atoms. The second-order valence-corrected chi connectivity index (χ2v) is 17.6. The van der Waals surface area contributed by atoms with Crippen LogP contribution < -0.4 is 4.90 Å². The highest BCUT2D eigenvalue weighted by Gasteiger charge is 2.22. The van der Waals surface area contributed by atoms with E-state index in [-0.39, 0.29) is 0 Å². The third-order valence-corrected chi connectivity index (χ3v) is 13.8. The Balaban J connectivity index is 0.986. The average molecular weight is 865 g/mol. The minimum absolute atomic E-state index is 1.07. The molecule has 0 radical (unpaired) electrons. The number of benzene rings is 12. The Hall–Kier alpha value is -8.98. The summed E-state index contributed by atoms with van der Waals surface area (Å²) in [5.74, 6) is 0. The largest absolute Gasteiger partial charge is 0.309 e. The van der Waals surface area contributed by atoms with Crippen LogP contribution in [0.15, 0.2) is 267 Å². The summed E-state index contributed by atoms with van der Waals surface area (Å²) in [6.07, 6.45) is 0. The second-order valence-electron chi connectivity index (χ2n) is 17.6. The molecule has 1 aromatic heterocycles. The monoisotopic (exact) mass is 864 g/mol. The zero-order valence-corrected chi connectivity index (χ0v) is 37.3. The number of rotatable bonds is 8. The highest BCUT2D eigenvalue weighted by molar-refractivity contribution is 6.25. The summed E-state index contributed by atoms with van der Waals surface area (Å²) in [4.78, 5) is 2.46. The SMILES string of the molecule is c1ccc(-c2ccc(N(c3ccc(-c4ccc5c6ccccc6c6ccccc6c5c4)cc3)c3ccccc3-c3ccccc3)c(-c3ccc(-n4c5ccccc5c5ccccc54)cc3)c2)cc1. The third-order valence-electron chi connectivity index (χ3n) is 13.8. The lowest BCUT2D eigenvalue weighted by Crippen LogP contribution is -2.12. The highest BCUT2D eigenvalue weighted by atomic mass is 15.1. The molecule has 2 heteroatoms. The number of fused-ring (bicyclic) bond motifs is 9. The summed E-state index contributed by atoms with van der Waals surface area (Å²) in [5, 5.41) is 10.2. The third kappa shape index (κ3) is 6.65. The molecule has 0 saturated carbocycles. The van der Waals surface area contributed by atoms with Crippen LogP contribution in [-0.2, 0) is 0 Å². The molecule has 0 aliphatic carbocycles. The average Bonchev–Trinajstić information content (AvgIpc) is 3.76. The van der Waals surface area contributed by atoms with Crippen molar-refractivity contribution in [3.63, 3.8) is 0 Å². The van der Waals surface area contributed by atoms with Crippen molar-refractivity contribution in [2.24, 2.45) is 0 Å². The zero-order chi connectivity index (χ0) is 45.0. The Morgan fingerprint density at radius 1 is 0.235 bits per heavy atom. The Morgan fingerprint density at radius 3 is 1.28 bits per heavy atom. The van der Waals surface area contributed by atoms with Crippen molar-refractivity contribution in [3.8, 4) is 50.2 Å². The fourth-order valence-electron chi connectivity index (χ4n) is 10.6. The molecule has 0 N–H and O–H groups in total. The van der Waals surface area contributed by atoms with Gasteiger partial charge in [-0.3, -0.25) is 0 Å². The molecular formula is C66H44N2. The smallest absolute Gasteiger partial charge is 0.0541 e. The van der Waals surface area contributed by atoms with Crippen molar-refractivity contribution in [1.82, 2.24) is 4.57 Å². The summed E-state index contributed by atoms with van der Waals surface area (Å²) in [5.41, 5.74) is 16.1. The van der Waals surface area contributed by atoms with Gasteiger partial charge in [-0.2, -0.15) is 0 Å². The van der Waals surface area contributed by atoms with Crippen molar-refractivity contribution >= 4 is 71.2 Å². The molecule has 0 saturated heterocycles. The van der Waals surface area contributed by atoms with E-state index in [4.69, 9.17) is 0 Å². The second kappa shape index (κ2) is 16.5. The molecule has 0 atom stereocenters. The van der Waals surface area contributed by atoms with Crippen LogP contribution in [0.25, 0.3) is 104 Å². The van der Waals surface area contributed by atoms with Crippen LogP contribution in [0.5, 0.6) is 0 Å². The van der Waals surface area contributed by atoms with Gasteiger partial charge in [0, 0.05) is 33.3 Å². The normalized spacial score (nSPS) is 11.5. The minimum atomic E-state index is 1.07. The van der Waals surface area contributed by atoms with Crippen LogP contribution in [0, 0.1) is 0 Å². The fraction of sp³-hybridized carbons (Fsp3) is 0. The Labute approximate surface area is 395 Å². The Kier molecular flexibility index (Phi) is 9.54. The summed E-state index contributed by atoms with van der Waals surface area (Å²) >= 11 is 0. The van der Waals surface area contributed by atoms with Gasteiger partial charge in [0.2, 0.25) is 0 Å². The first-order valence-corrected chi connectivity index (χ1v) is 23.4. The molecule has 13 rings (SSSR count). The number of hydrogen-bond donors (Lipinski definition) is 0. The molecule has 13 aromatic rings. The number of aromatic nitrogens is 1. The minimum Gasteiger partial charge on any atom is -0.309 e. The first-order valence-electron chi connectivity index (χ1n) is 23.4. The summed E-state index contributed by atoms with van der Waals surface area (Å²) in [7, 11) is 0. The molecule has 0 aliphatic heterocycles. The van der Waals surface area contributed by atoms with E-state index >= 15 is 0 Å². The Morgan fingerprint density at radius 2 is 0.647 bits per heavy atom. The number of hydrogen-bond acceptors (Lipinski definition) is 1. The van der Waals surface area contributed by atoms with Crippen LogP contribution in [0.3, 0.4) is 0 Å². The van der Waals surface area contributed by atoms with Gasteiger partial charge < -0.3 is 9.47 Å². The maximum Gasteiger partial charge on any atom is 0.0541 e. The predicted octanol–water partition coefficient (Wildman–Crippen LogP) is 18.4. The van der Waals surface area contributed by atoms with Crippen molar-refractivity contribution in [3.05, 3.63) is 267 Å². The van der Waals surface area contributed by atoms with E-state index in [1.807, 2.05) is 0 Å². The predicted molar refractivity (Wildman–Crippen MR) is 290 cm³/mol. The maximum absolute atomic E-state index is 2.46. The zero-order valence-electron chi connectivity index (χ0n) is 37.3. The molecule has 2 nitrogen and oxygen atoms in total. The highest BCUT2D eigenvalue weighted by Crippen LogP contribution is 2.47. The number of nitrogens with zero attached hydrogens (tertiary/aromatic N) is 2. The van der Waals surface area contributed by atoms with Crippen LogP contribution >= 0.6 is 0 Å². The standard InChI is InChI=1S/C66H44N2/c1-3-17-45(18-4-1)50-36-42-66(61(43-50)48-33-39-52(40-34-48)68-64-29-15-12-26-59(64)60-27-13-16-30-65(60)68)67(63-28-14-11-21-53(63)47-19-5-2-6-20-47)51-37-31-46(32-38-51)49-35-41-58-56-24-8-7-22-54(56)55-23-9-10-25-57(55)62(58)44-49/h1-44H. The number of para-hydroxylation sites is 3. The molecule has 0 amide bonds. The van der Waals surface area contributed by atoms with E-state index in [2.05, 4.69) is 276 Å². The van der Waals surface area contributed by atoms with Gasteiger partial charge in [-0.15, -0.1) is 0 Å². The quantitative estimate of drug-likeness (QED) is 0.138. The van der Waals surface area contributed by atoms with Crippen LogP contribution in [0.2, 0.25) is 0 Å². The van der Waals surface area contributed by atoms with Gasteiger partial charge in [0.15, 0.2) is 0 Å². The number of anilines is 3. The molecule has 0 spiro atoms. The van der Waals surface area contributed by atoms with Crippen molar-refractivity contribution < 1.29 is 0 Å². The van der Waals surface area contributed by atoms with Crippen LogP contribution in [-0.4, -0.2) is 4.57 Å². The van der Waals surface area contributed by atoms with E-state index < -0.39 is 0 Å². The van der Waals surface area contributed by atoms with E-state index in [1.54, 1.807) is 0 Å². The summed E-state index contributed by atoms with van der Waals surface area (Å²) in [6.45, 7) is 0. The summed E-state index contributed by atoms with van der Waals surface area (Å²) < 4.78 is 2.39. The lowest BCUT2D eigenvalue weighted by atomic mass is 9.92. The molecule has 1 heterocycles. The maximum atomic E-state index is 2.46. The first kappa shape index (κ1) is 39.4. The summed E-state index contributed by atoms with van der Waals surface area (Å²) in [6, 6.07) is 97.5. The van der Waals surface area contributed by atoms with Gasteiger partial charge in [-0.05, 0) is 126 Å². The first-order chi connectivity index (χ1) is 33.7. The van der Waals surface area contributed by atoms with Gasteiger partial charge in [-0.1, -0.05) is 206 Å². The van der Waals surface area contributed by atoms with Gasteiger partial charge in [0.1, 0.15) is 0 Å². The Bertz CT molecular complexity index is 3910. The molecule has 318 valence electrons. The van der Waals surface area contributed by atoms with Gasteiger partial charge in [0.25, 0.3) is 0 Å². The molecule has 0 aliphatic rings. The lowest BCUT2D eigenvalue weighted by Gasteiger charge is -2.30. The molecule has 12 aromatic carbocycles. The van der Waals surface area contributed by atoms with E-state index in [9.17, 15) is 0 Å². The van der Waals surface area contributed by atoms with Crippen LogP contribution in [0.1, 0.15) is 0 Å². The van der Waals surface area contributed by atoms with Crippen molar-refractivity contribution in [1.29, 1.82) is 0 Å². The fourth-order valence-corrected chi connectivity index (χ4v) is 10.6. The van der Waals surface area contributed by atoms with Crippen molar-refractivity contribution in [2.75, 3.05) is 4.90 Å². The van der Waals surface area contributed by atoms with Crippen molar-refractivity contribution in [2.45, 2.75) is 0 Å². The molecular weight excluding hydrogens is 821 g/mol. The van der Waals surface area contributed by atoms with Gasteiger partial charge >= 0.3 is 0 Å². The van der Waals surface area contributed by atoms with E-state index in [0.29, 0.717) is 0 Å². The topological polar surface area (TPSA) is 8.17 Å². The van der Waals surface area contributed by atoms with E-state index in [0.717, 1.165) is 39.4 Å². The molecule has 68 heavy (non-hydrogen) atoms. The van der Waals surface area contributed by atoms with Gasteiger partial charge in [0.05, 0.1) is 22.4 Å². The molecule has 0 unspecified atom stereocenters. The van der Waals surface area contributed by atoms with Crippen LogP contribution in [0.4, 0.5) is 17.1 Å². The van der Waals surface area contributed by atoms with E-state index in [1.165, 1.54) is 81.9 Å².